The molecule has 2 aromatic heterocycles. The van der Waals surface area contributed by atoms with Gasteiger partial charge in [0, 0.05) is 4.47 Å². The third-order valence-corrected chi connectivity index (χ3v) is 6.00. The van der Waals surface area contributed by atoms with Crippen molar-refractivity contribution < 1.29 is 13.9 Å². The average molecular weight is 470 g/mol. The van der Waals surface area contributed by atoms with Crippen LogP contribution in [0.5, 0.6) is 5.75 Å². The van der Waals surface area contributed by atoms with Gasteiger partial charge in [0.25, 0.3) is 5.91 Å². The van der Waals surface area contributed by atoms with E-state index in [0.29, 0.717) is 27.4 Å². The van der Waals surface area contributed by atoms with E-state index in [1.165, 1.54) is 16.2 Å². The SMILES string of the molecule is COc1ccc(C2c3c(oc4ccc(Br)cc4c3=O)C(=O)N2c2nncs2)cc1. The highest BCUT2D eigenvalue weighted by atomic mass is 79.9. The van der Waals surface area contributed by atoms with Crippen LogP contribution in [0.4, 0.5) is 5.13 Å². The quantitative estimate of drug-likeness (QED) is 0.447. The fourth-order valence-electron chi connectivity index (χ4n) is 3.52. The van der Waals surface area contributed by atoms with Crippen molar-refractivity contribution in [3.63, 3.8) is 0 Å². The van der Waals surface area contributed by atoms with E-state index >= 15 is 0 Å². The van der Waals surface area contributed by atoms with Gasteiger partial charge in [-0.15, -0.1) is 10.2 Å². The van der Waals surface area contributed by atoms with Gasteiger partial charge in [0.1, 0.15) is 16.8 Å². The van der Waals surface area contributed by atoms with Gasteiger partial charge in [-0.25, -0.2) is 0 Å². The predicted octanol–water partition coefficient (Wildman–Crippen LogP) is 4.17. The number of halogens is 1. The van der Waals surface area contributed by atoms with Gasteiger partial charge < -0.3 is 9.15 Å². The van der Waals surface area contributed by atoms with Crippen molar-refractivity contribution in [3.05, 3.63) is 79.6 Å². The molecule has 0 saturated heterocycles. The lowest BCUT2D eigenvalue weighted by Gasteiger charge is -2.22. The summed E-state index contributed by atoms with van der Waals surface area (Å²) >= 11 is 4.61. The second kappa shape index (κ2) is 6.78. The Morgan fingerprint density at radius 2 is 1.97 bits per heavy atom. The summed E-state index contributed by atoms with van der Waals surface area (Å²) in [5.41, 5.74) is 2.69. The largest absolute Gasteiger partial charge is 0.497 e. The molecule has 144 valence electrons. The number of benzene rings is 2. The summed E-state index contributed by atoms with van der Waals surface area (Å²) in [6.45, 7) is 0. The summed E-state index contributed by atoms with van der Waals surface area (Å²) in [6, 6.07) is 11.7. The Hall–Kier alpha value is -3.04. The van der Waals surface area contributed by atoms with Crippen LogP contribution in [0, 0.1) is 0 Å². The van der Waals surface area contributed by atoms with Crippen molar-refractivity contribution in [3.8, 4) is 5.75 Å². The molecule has 1 unspecified atom stereocenters. The van der Waals surface area contributed by atoms with Crippen LogP contribution >= 0.6 is 27.3 Å². The first-order valence-electron chi connectivity index (χ1n) is 8.58. The van der Waals surface area contributed by atoms with Crippen molar-refractivity contribution in [2.75, 3.05) is 12.0 Å². The summed E-state index contributed by atoms with van der Waals surface area (Å²) in [7, 11) is 1.58. The predicted molar refractivity (Wildman–Crippen MR) is 112 cm³/mol. The monoisotopic (exact) mass is 469 g/mol. The zero-order valence-corrected chi connectivity index (χ0v) is 17.4. The van der Waals surface area contributed by atoms with E-state index in [9.17, 15) is 9.59 Å². The average Bonchev–Trinajstić information content (AvgIpc) is 3.35. The van der Waals surface area contributed by atoms with Gasteiger partial charge in [0.15, 0.2) is 5.43 Å². The molecular formula is C20H12BrN3O4S. The fraction of sp³-hybridized carbons (Fsp3) is 0.100. The van der Waals surface area contributed by atoms with E-state index in [1.807, 2.05) is 12.1 Å². The van der Waals surface area contributed by atoms with Crippen molar-refractivity contribution in [1.29, 1.82) is 0 Å². The minimum atomic E-state index is -0.670. The van der Waals surface area contributed by atoms with E-state index in [-0.39, 0.29) is 11.2 Å². The number of carbonyl (C=O) groups excluding carboxylic acids is 1. The standard InChI is InChI=1S/C20H12BrN3O4S/c1-27-12-5-2-10(3-6-12)16-15-17(25)13-8-11(21)4-7-14(13)28-18(15)19(26)24(16)20-23-22-9-29-20/h2-9,16H,1H3. The molecule has 1 aliphatic heterocycles. The molecule has 0 radical (unpaired) electrons. The Balaban J connectivity index is 1.80. The highest BCUT2D eigenvalue weighted by molar-refractivity contribution is 9.10. The molecule has 7 nitrogen and oxygen atoms in total. The Morgan fingerprint density at radius 1 is 1.17 bits per heavy atom. The number of nitrogens with zero attached hydrogens (tertiary/aromatic N) is 3. The number of amides is 1. The number of anilines is 1. The minimum absolute atomic E-state index is 0.0286. The number of hydrogen-bond acceptors (Lipinski definition) is 7. The molecule has 3 heterocycles. The van der Waals surface area contributed by atoms with Crippen molar-refractivity contribution >= 4 is 49.3 Å². The molecule has 2 aromatic carbocycles. The first-order valence-corrected chi connectivity index (χ1v) is 10.3. The lowest BCUT2D eigenvalue weighted by Crippen LogP contribution is -2.29. The molecule has 1 aliphatic rings. The van der Waals surface area contributed by atoms with Gasteiger partial charge in [0.05, 0.1) is 24.1 Å². The number of carbonyl (C=O) groups is 1. The lowest BCUT2D eigenvalue weighted by atomic mass is 9.98. The van der Waals surface area contributed by atoms with Gasteiger partial charge in [0.2, 0.25) is 10.9 Å². The zero-order valence-electron chi connectivity index (χ0n) is 15.0. The molecule has 0 N–H and O–H groups in total. The summed E-state index contributed by atoms with van der Waals surface area (Å²) in [6.07, 6.45) is 0. The summed E-state index contributed by atoms with van der Waals surface area (Å²) in [5, 5.41) is 8.70. The lowest BCUT2D eigenvalue weighted by molar-refractivity contribution is 0.0970. The number of rotatable bonds is 3. The second-order valence-corrected chi connectivity index (χ2v) is 8.11. The summed E-state index contributed by atoms with van der Waals surface area (Å²) < 4.78 is 11.9. The van der Waals surface area contributed by atoms with Gasteiger partial charge >= 0.3 is 0 Å². The van der Waals surface area contributed by atoms with Crippen LogP contribution in [0.2, 0.25) is 0 Å². The van der Waals surface area contributed by atoms with E-state index in [1.54, 1.807) is 43.0 Å². The molecular weight excluding hydrogens is 458 g/mol. The maximum Gasteiger partial charge on any atom is 0.297 e. The van der Waals surface area contributed by atoms with Crippen LogP contribution in [0.3, 0.4) is 0 Å². The normalized spacial score (nSPS) is 15.7. The molecule has 0 aliphatic carbocycles. The molecule has 5 rings (SSSR count). The molecule has 0 spiro atoms. The molecule has 29 heavy (non-hydrogen) atoms. The van der Waals surface area contributed by atoms with E-state index in [0.717, 1.165) is 10.0 Å². The molecule has 9 heteroatoms. The molecule has 1 amide bonds. The van der Waals surface area contributed by atoms with Crippen LogP contribution in [0.1, 0.15) is 27.7 Å². The van der Waals surface area contributed by atoms with E-state index < -0.39 is 11.9 Å². The van der Waals surface area contributed by atoms with E-state index in [2.05, 4.69) is 26.1 Å². The summed E-state index contributed by atoms with van der Waals surface area (Å²) in [4.78, 5) is 28.1. The van der Waals surface area contributed by atoms with Crippen LogP contribution in [-0.2, 0) is 0 Å². The van der Waals surface area contributed by atoms with Gasteiger partial charge in [-0.1, -0.05) is 39.4 Å². The van der Waals surface area contributed by atoms with Crippen LogP contribution < -0.4 is 15.1 Å². The highest BCUT2D eigenvalue weighted by Crippen LogP contribution is 2.41. The first kappa shape index (κ1) is 18.0. The fourth-order valence-corrected chi connectivity index (χ4v) is 4.46. The van der Waals surface area contributed by atoms with Crippen LogP contribution in [-0.4, -0.2) is 23.2 Å². The summed E-state index contributed by atoms with van der Waals surface area (Å²) in [5.74, 6) is 0.288. The highest BCUT2D eigenvalue weighted by Gasteiger charge is 2.44. The van der Waals surface area contributed by atoms with Crippen LogP contribution in [0.15, 0.2) is 61.7 Å². The molecule has 4 aromatic rings. The van der Waals surface area contributed by atoms with Gasteiger partial charge in [-0.05, 0) is 35.9 Å². The maximum atomic E-state index is 13.4. The van der Waals surface area contributed by atoms with Crippen molar-refractivity contribution in [2.24, 2.45) is 0 Å². The van der Waals surface area contributed by atoms with E-state index in [4.69, 9.17) is 9.15 Å². The first-order chi connectivity index (χ1) is 14.1. The molecule has 0 fully saturated rings. The Morgan fingerprint density at radius 3 is 2.66 bits per heavy atom. The number of aromatic nitrogens is 2. The zero-order chi connectivity index (χ0) is 20.1. The maximum absolute atomic E-state index is 13.4. The number of methoxy groups -OCH3 is 1. The number of fused-ring (bicyclic) bond motifs is 2. The third kappa shape index (κ3) is 2.77. The molecule has 1 atom stereocenters. The number of hydrogen-bond donors (Lipinski definition) is 0. The topological polar surface area (TPSA) is 85.5 Å². The molecule has 0 bridgehead atoms. The smallest absolute Gasteiger partial charge is 0.297 e. The van der Waals surface area contributed by atoms with Crippen molar-refractivity contribution in [1.82, 2.24) is 10.2 Å². The number of ether oxygens (including phenoxy) is 1. The second-order valence-electron chi connectivity index (χ2n) is 6.39. The Bertz CT molecular complexity index is 1300. The third-order valence-electron chi connectivity index (χ3n) is 4.82. The van der Waals surface area contributed by atoms with Gasteiger partial charge in [-0.3, -0.25) is 14.5 Å². The van der Waals surface area contributed by atoms with Gasteiger partial charge in [-0.2, -0.15) is 0 Å². The Labute approximate surface area is 176 Å². The van der Waals surface area contributed by atoms with Crippen LogP contribution in [0.25, 0.3) is 11.0 Å². The molecule has 0 saturated carbocycles. The Kier molecular flexibility index (Phi) is 4.21. The van der Waals surface area contributed by atoms with Crippen molar-refractivity contribution in [2.45, 2.75) is 6.04 Å². The minimum Gasteiger partial charge on any atom is -0.497 e.